The topological polar surface area (TPSA) is 58.1 Å². The quantitative estimate of drug-likeness (QED) is 0.608. The summed E-state index contributed by atoms with van der Waals surface area (Å²) in [6, 6.07) is 5.69. The van der Waals surface area contributed by atoms with Crippen molar-refractivity contribution >= 4 is 64.3 Å². The summed E-state index contributed by atoms with van der Waals surface area (Å²) in [7, 11) is 0. The average Bonchev–Trinajstić information content (AvgIpc) is 2.53. The molecular formula is C15H20Cl2FIN4O. The Balaban J connectivity index is 0.00000264. The number of hydrogen-bond acceptors (Lipinski definition) is 4. The Morgan fingerprint density at radius 3 is 2.71 bits per heavy atom. The molecule has 0 bridgehead atoms. The number of alkyl halides is 1. The second-order valence-electron chi connectivity index (χ2n) is 4.77. The summed E-state index contributed by atoms with van der Waals surface area (Å²) in [6.07, 6.45) is 1.48. The Hall–Kier alpha value is -0.770. The minimum Gasteiger partial charge on any atom is -0.349 e. The Morgan fingerprint density at radius 1 is 1.29 bits per heavy atom. The summed E-state index contributed by atoms with van der Waals surface area (Å²) < 4.78 is 13.4. The number of nitrogens with one attached hydrogen (secondary N) is 1. The lowest BCUT2D eigenvalue weighted by Crippen LogP contribution is -2.36. The number of amides is 1. The zero-order valence-corrected chi connectivity index (χ0v) is 17.0. The van der Waals surface area contributed by atoms with Crippen molar-refractivity contribution in [1.82, 2.24) is 20.2 Å². The number of nitrogens with zero attached hydrogens (tertiary/aromatic N) is 3. The molecule has 0 aliphatic carbocycles. The first-order chi connectivity index (χ1) is 10.6. The zero-order chi connectivity index (χ0) is 15.9. The van der Waals surface area contributed by atoms with Gasteiger partial charge in [0.1, 0.15) is 12.4 Å². The fourth-order valence-corrected chi connectivity index (χ4v) is 2.53. The molecule has 2 rings (SSSR count). The van der Waals surface area contributed by atoms with E-state index in [1.54, 1.807) is 0 Å². The molecule has 0 saturated carbocycles. The first-order valence-corrected chi connectivity index (χ1v) is 8.20. The van der Waals surface area contributed by atoms with Gasteiger partial charge < -0.3 is 5.32 Å². The molecular weight excluding hydrogens is 469 g/mol. The molecule has 0 aliphatic heterocycles. The zero-order valence-electron chi connectivity index (χ0n) is 13.2. The summed E-state index contributed by atoms with van der Waals surface area (Å²) in [5.74, 6) is -0.260. The number of rotatable bonds is 7. The van der Waals surface area contributed by atoms with Crippen LogP contribution in [0.1, 0.15) is 17.4 Å². The molecule has 0 radical (unpaired) electrons. The average molecular weight is 489 g/mol. The normalized spacial score (nSPS) is 10.2. The van der Waals surface area contributed by atoms with Crippen molar-refractivity contribution in [1.29, 1.82) is 0 Å². The highest BCUT2D eigenvalue weighted by Gasteiger charge is 2.10. The minimum atomic E-state index is -0.378. The van der Waals surface area contributed by atoms with E-state index in [0.29, 0.717) is 30.8 Å². The molecule has 1 heterocycles. The van der Waals surface area contributed by atoms with Crippen LogP contribution in [-0.4, -0.2) is 53.6 Å². The smallest absolute Gasteiger partial charge is 0.271 e. The molecule has 0 spiro atoms. The summed E-state index contributed by atoms with van der Waals surface area (Å²) in [6.45, 7) is 3.81. The fourth-order valence-electron chi connectivity index (χ4n) is 2.06. The Kier molecular flexibility index (Phi) is 11.4. The van der Waals surface area contributed by atoms with Crippen molar-refractivity contribution in [3.05, 3.63) is 33.7 Å². The van der Waals surface area contributed by atoms with Crippen LogP contribution in [0.15, 0.2) is 24.4 Å². The summed E-state index contributed by atoms with van der Waals surface area (Å²) in [5, 5.41) is 2.79. The Labute approximate surface area is 166 Å². The first-order valence-electron chi connectivity index (χ1n) is 7.13. The number of benzene rings is 1. The van der Waals surface area contributed by atoms with Crippen LogP contribution in [0.5, 0.6) is 0 Å². The van der Waals surface area contributed by atoms with Crippen molar-refractivity contribution in [3.63, 3.8) is 0 Å². The van der Waals surface area contributed by atoms with E-state index in [9.17, 15) is 9.18 Å². The molecule has 0 saturated heterocycles. The largest absolute Gasteiger partial charge is 0.349 e. The van der Waals surface area contributed by atoms with Gasteiger partial charge in [0.2, 0.25) is 0 Å². The van der Waals surface area contributed by atoms with E-state index in [1.165, 1.54) is 6.20 Å². The molecule has 9 heteroatoms. The van der Waals surface area contributed by atoms with Crippen molar-refractivity contribution in [2.24, 2.45) is 0 Å². The van der Waals surface area contributed by atoms with E-state index in [4.69, 9.17) is 0 Å². The SMILES string of the molecule is CCN(CCF)CCNC(=O)c1cnc2cc(I)ccc2n1.Cl.Cl. The van der Waals surface area contributed by atoms with Crippen LogP contribution in [0.2, 0.25) is 0 Å². The van der Waals surface area contributed by atoms with E-state index in [2.05, 4.69) is 37.9 Å². The molecule has 2 aromatic rings. The van der Waals surface area contributed by atoms with Gasteiger partial charge in [-0.2, -0.15) is 0 Å². The van der Waals surface area contributed by atoms with Crippen LogP contribution in [0.4, 0.5) is 4.39 Å². The van der Waals surface area contributed by atoms with Crippen LogP contribution in [0, 0.1) is 3.57 Å². The third-order valence-electron chi connectivity index (χ3n) is 3.30. The van der Waals surface area contributed by atoms with Gasteiger partial charge in [-0.25, -0.2) is 9.37 Å². The summed E-state index contributed by atoms with van der Waals surface area (Å²) in [4.78, 5) is 22.6. The molecule has 134 valence electrons. The first kappa shape index (κ1) is 23.2. The molecule has 0 aliphatic rings. The number of halogens is 4. The monoisotopic (exact) mass is 488 g/mol. The summed E-state index contributed by atoms with van der Waals surface area (Å²) in [5.41, 5.74) is 1.76. The Bertz CT molecular complexity index is 662. The molecule has 5 nitrogen and oxygen atoms in total. The molecule has 0 fully saturated rings. The van der Waals surface area contributed by atoms with Gasteiger partial charge in [0.05, 0.1) is 17.2 Å². The molecule has 1 aromatic heterocycles. The molecule has 24 heavy (non-hydrogen) atoms. The maximum absolute atomic E-state index is 12.3. The highest BCUT2D eigenvalue weighted by molar-refractivity contribution is 14.1. The van der Waals surface area contributed by atoms with Gasteiger partial charge in [-0.3, -0.25) is 14.7 Å². The van der Waals surface area contributed by atoms with Gasteiger partial charge in [-0.15, -0.1) is 24.8 Å². The van der Waals surface area contributed by atoms with Crippen LogP contribution in [0.3, 0.4) is 0 Å². The lowest BCUT2D eigenvalue weighted by atomic mass is 10.3. The maximum Gasteiger partial charge on any atom is 0.271 e. The van der Waals surface area contributed by atoms with Crippen molar-refractivity contribution in [2.45, 2.75) is 6.92 Å². The Morgan fingerprint density at radius 2 is 2.04 bits per heavy atom. The van der Waals surface area contributed by atoms with Gasteiger partial charge in [0.15, 0.2) is 0 Å². The van der Waals surface area contributed by atoms with Crippen LogP contribution in [0.25, 0.3) is 11.0 Å². The molecule has 0 unspecified atom stereocenters. The predicted octanol–water partition coefficient (Wildman–Crippen LogP) is 3.10. The number of carbonyl (C=O) groups is 1. The lowest BCUT2D eigenvalue weighted by Gasteiger charge is -2.18. The summed E-state index contributed by atoms with van der Waals surface area (Å²) >= 11 is 2.21. The van der Waals surface area contributed by atoms with Gasteiger partial charge in [0.25, 0.3) is 5.91 Å². The predicted molar refractivity (Wildman–Crippen MR) is 107 cm³/mol. The third kappa shape index (κ3) is 6.62. The number of hydrogen-bond donors (Lipinski definition) is 1. The number of fused-ring (bicyclic) bond motifs is 1. The molecule has 1 N–H and O–H groups in total. The van der Waals surface area contributed by atoms with Gasteiger partial charge in [-0.05, 0) is 47.3 Å². The number of carbonyl (C=O) groups excluding carboxylic acids is 1. The van der Waals surface area contributed by atoms with Crippen molar-refractivity contribution in [3.8, 4) is 0 Å². The minimum absolute atomic E-state index is 0. The molecule has 0 atom stereocenters. The van der Waals surface area contributed by atoms with E-state index in [1.807, 2.05) is 30.0 Å². The third-order valence-corrected chi connectivity index (χ3v) is 3.97. The van der Waals surface area contributed by atoms with Crippen molar-refractivity contribution < 1.29 is 9.18 Å². The molecule has 1 amide bonds. The highest BCUT2D eigenvalue weighted by Crippen LogP contribution is 2.13. The highest BCUT2D eigenvalue weighted by atomic mass is 127. The number of aromatic nitrogens is 2. The van der Waals surface area contributed by atoms with E-state index >= 15 is 0 Å². The molecule has 1 aromatic carbocycles. The van der Waals surface area contributed by atoms with Crippen LogP contribution in [-0.2, 0) is 0 Å². The van der Waals surface area contributed by atoms with Crippen LogP contribution >= 0.6 is 47.4 Å². The standard InChI is InChI=1S/C15H18FIN4O.2ClH/c1-2-21(7-5-16)8-6-18-15(22)14-10-19-13-9-11(17)3-4-12(13)20-14;;/h3-4,9-10H,2,5-8H2,1H3,(H,18,22);2*1H. The second kappa shape index (κ2) is 11.7. The van der Waals surface area contributed by atoms with E-state index in [0.717, 1.165) is 15.6 Å². The van der Waals surface area contributed by atoms with Crippen LogP contribution < -0.4 is 5.32 Å². The van der Waals surface area contributed by atoms with Gasteiger partial charge >= 0.3 is 0 Å². The number of likely N-dealkylation sites (N-methyl/N-ethyl adjacent to an activating group) is 1. The van der Waals surface area contributed by atoms with Crippen molar-refractivity contribution in [2.75, 3.05) is 32.9 Å². The second-order valence-corrected chi connectivity index (χ2v) is 6.01. The lowest BCUT2D eigenvalue weighted by molar-refractivity contribution is 0.0943. The van der Waals surface area contributed by atoms with Gasteiger partial charge in [-0.1, -0.05) is 6.92 Å². The van der Waals surface area contributed by atoms with Gasteiger partial charge in [0, 0.05) is 23.2 Å². The van der Waals surface area contributed by atoms with E-state index < -0.39 is 0 Å². The maximum atomic E-state index is 12.3. The fraction of sp³-hybridized carbons (Fsp3) is 0.400. The van der Waals surface area contributed by atoms with E-state index in [-0.39, 0.29) is 37.4 Å².